The number of fused-ring (bicyclic) bond motifs is 1. The van der Waals surface area contributed by atoms with Gasteiger partial charge in [0.15, 0.2) is 5.82 Å². The van der Waals surface area contributed by atoms with Crippen molar-refractivity contribution in [3.05, 3.63) is 65.9 Å². The van der Waals surface area contributed by atoms with Gasteiger partial charge in [0.25, 0.3) is 0 Å². The van der Waals surface area contributed by atoms with Crippen LogP contribution in [0.4, 0.5) is 11.9 Å². The minimum Gasteiger partial charge on any atom is -0.366 e. The molecule has 0 saturated heterocycles. The monoisotopic (exact) mass is 387 g/mol. The molecule has 0 aliphatic rings. The molecule has 0 aliphatic heterocycles. The first-order valence-electron chi connectivity index (χ1n) is 9.14. The molecule has 4 N–H and O–H groups in total. The quantitative estimate of drug-likeness (QED) is 0.469. The number of hydrogen-bond acceptors (Lipinski definition) is 6. The van der Waals surface area contributed by atoms with E-state index in [1.54, 1.807) is 18.3 Å². The van der Waals surface area contributed by atoms with E-state index in [0.29, 0.717) is 35.5 Å². The van der Waals surface area contributed by atoms with Gasteiger partial charge in [0, 0.05) is 43.2 Å². The Morgan fingerprint density at radius 1 is 1.03 bits per heavy atom. The highest BCUT2D eigenvalue weighted by Crippen LogP contribution is 2.29. The van der Waals surface area contributed by atoms with Gasteiger partial charge in [-0.3, -0.25) is 4.79 Å². The lowest BCUT2D eigenvalue weighted by Crippen LogP contribution is -2.16. The standard InChI is InChI=1S/C21H21N7O/c1-28(2)21-26-19(25-20(27-21)24-11-13-7-4-3-5-8-13)17-14-9-6-10-15(18(22)29)16(14)12-23-17/h3-10,12,23H,11H2,1-2H3,(H2,22,29)(H,24,25,26,27). The molecular formula is C21H21N7O. The lowest BCUT2D eigenvalue weighted by molar-refractivity contribution is 0.100. The Bertz CT molecular complexity index is 1170. The minimum absolute atomic E-state index is 0.453. The van der Waals surface area contributed by atoms with Gasteiger partial charge in [-0.2, -0.15) is 15.0 Å². The van der Waals surface area contributed by atoms with E-state index in [9.17, 15) is 4.79 Å². The smallest absolute Gasteiger partial charge is 0.249 e. The summed E-state index contributed by atoms with van der Waals surface area (Å²) in [6, 6.07) is 15.4. The van der Waals surface area contributed by atoms with Crippen molar-refractivity contribution in [1.82, 2.24) is 19.9 Å². The molecule has 2 heterocycles. The van der Waals surface area contributed by atoms with Gasteiger partial charge in [0.05, 0.1) is 5.69 Å². The van der Waals surface area contributed by atoms with Crippen molar-refractivity contribution in [2.24, 2.45) is 5.73 Å². The number of H-pyrrole nitrogens is 1. The molecule has 0 aliphatic carbocycles. The average Bonchev–Trinajstić information content (AvgIpc) is 3.17. The van der Waals surface area contributed by atoms with Crippen LogP contribution in [0.2, 0.25) is 0 Å². The normalized spacial score (nSPS) is 10.8. The van der Waals surface area contributed by atoms with E-state index in [1.165, 1.54) is 0 Å². The summed E-state index contributed by atoms with van der Waals surface area (Å²) in [4.78, 5) is 30.4. The maximum absolute atomic E-state index is 11.7. The zero-order valence-corrected chi connectivity index (χ0v) is 16.2. The molecule has 0 fully saturated rings. The fourth-order valence-electron chi connectivity index (χ4n) is 3.09. The van der Waals surface area contributed by atoms with E-state index in [4.69, 9.17) is 5.73 Å². The number of carbonyl (C=O) groups excluding carboxylic acids is 1. The predicted octanol–water partition coefficient (Wildman–Crippen LogP) is 2.80. The number of aromatic amines is 1. The average molecular weight is 387 g/mol. The summed E-state index contributed by atoms with van der Waals surface area (Å²) in [6.45, 7) is 0.592. The number of nitrogens with two attached hydrogens (primary N) is 1. The molecule has 4 aromatic rings. The number of primary amides is 1. The molecular weight excluding hydrogens is 366 g/mol. The third-order valence-corrected chi connectivity index (χ3v) is 4.54. The zero-order chi connectivity index (χ0) is 20.4. The van der Waals surface area contributed by atoms with Crippen LogP contribution in [0.5, 0.6) is 0 Å². The van der Waals surface area contributed by atoms with Crippen molar-refractivity contribution in [1.29, 1.82) is 0 Å². The molecule has 8 nitrogen and oxygen atoms in total. The van der Waals surface area contributed by atoms with E-state index >= 15 is 0 Å². The molecule has 29 heavy (non-hydrogen) atoms. The molecule has 0 saturated carbocycles. The van der Waals surface area contributed by atoms with Crippen molar-refractivity contribution in [2.45, 2.75) is 6.54 Å². The molecule has 0 bridgehead atoms. The molecule has 8 heteroatoms. The third kappa shape index (κ3) is 3.73. The second kappa shape index (κ2) is 7.59. The number of anilines is 2. The maximum Gasteiger partial charge on any atom is 0.249 e. The van der Waals surface area contributed by atoms with E-state index in [1.807, 2.05) is 55.4 Å². The van der Waals surface area contributed by atoms with Crippen LogP contribution >= 0.6 is 0 Å². The molecule has 0 radical (unpaired) electrons. The molecule has 0 atom stereocenters. The third-order valence-electron chi connectivity index (χ3n) is 4.54. The Morgan fingerprint density at radius 2 is 1.83 bits per heavy atom. The van der Waals surface area contributed by atoms with Gasteiger partial charge in [-0.25, -0.2) is 0 Å². The van der Waals surface area contributed by atoms with E-state index in [0.717, 1.165) is 16.3 Å². The topological polar surface area (TPSA) is 113 Å². The Hall–Kier alpha value is -3.94. The SMILES string of the molecule is CN(C)c1nc(NCc2ccccc2)nc(-c2[nH]cc3c(C(N)=O)cccc23)n1. The minimum atomic E-state index is -0.476. The molecule has 2 aromatic heterocycles. The van der Waals surface area contributed by atoms with Crippen LogP contribution in [0, 0.1) is 0 Å². The first-order chi connectivity index (χ1) is 14.0. The van der Waals surface area contributed by atoms with Gasteiger partial charge < -0.3 is 20.9 Å². The van der Waals surface area contributed by atoms with E-state index in [2.05, 4.69) is 25.3 Å². The van der Waals surface area contributed by atoms with Gasteiger partial charge in [0.1, 0.15) is 0 Å². The summed E-state index contributed by atoms with van der Waals surface area (Å²) in [5.74, 6) is 1.00. The van der Waals surface area contributed by atoms with E-state index in [-0.39, 0.29) is 0 Å². The molecule has 146 valence electrons. The van der Waals surface area contributed by atoms with Gasteiger partial charge in [-0.15, -0.1) is 0 Å². The number of rotatable bonds is 6. The summed E-state index contributed by atoms with van der Waals surface area (Å²) in [5.41, 5.74) is 7.78. The number of amides is 1. The molecule has 1 amide bonds. The number of benzene rings is 2. The van der Waals surface area contributed by atoms with Crippen LogP contribution in [-0.4, -0.2) is 39.9 Å². The van der Waals surface area contributed by atoms with Crippen LogP contribution in [0.25, 0.3) is 22.3 Å². The van der Waals surface area contributed by atoms with Crippen LogP contribution in [0.3, 0.4) is 0 Å². The number of nitrogens with zero attached hydrogens (tertiary/aromatic N) is 4. The van der Waals surface area contributed by atoms with Gasteiger partial charge in [-0.05, 0) is 11.6 Å². The summed E-state index contributed by atoms with van der Waals surface area (Å²) >= 11 is 0. The summed E-state index contributed by atoms with van der Waals surface area (Å²) in [5, 5.41) is 4.82. The first-order valence-corrected chi connectivity index (χ1v) is 9.14. The predicted molar refractivity (Wildman–Crippen MR) is 114 cm³/mol. The highest BCUT2D eigenvalue weighted by molar-refractivity contribution is 6.09. The number of hydrogen-bond donors (Lipinski definition) is 3. The van der Waals surface area contributed by atoms with Crippen LogP contribution in [0.15, 0.2) is 54.7 Å². The van der Waals surface area contributed by atoms with Gasteiger partial charge in [-0.1, -0.05) is 42.5 Å². The van der Waals surface area contributed by atoms with E-state index < -0.39 is 5.91 Å². The largest absolute Gasteiger partial charge is 0.366 e. The van der Waals surface area contributed by atoms with Gasteiger partial charge in [0.2, 0.25) is 17.8 Å². The molecule has 0 spiro atoms. The fraction of sp³-hybridized carbons (Fsp3) is 0.143. The number of carbonyl (C=O) groups is 1. The van der Waals surface area contributed by atoms with Crippen molar-refractivity contribution >= 4 is 28.6 Å². The Kier molecular flexibility index (Phi) is 4.82. The van der Waals surface area contributed by atoms with Crippen molar-refractivity contribution in [3.8, 4) is 11.5 Å². The molecule has 4 rings (SSSR count). The Labute approximate surface area is 167 Å². The second-order valence-electron chi connectivity index (χ2n) is 6.81. The number of nitrogens with one attached hydrogen (secondary N) is 2. The van der Waals surface area contributed by atoms with Crippen molar-refractivity contribution in [3.63, 3.8) is 0 Å². The maximum atomic E-state index is 11.7. The van der Waals surface area contributed by atoms with Gasteiger partial charge >= 0.3 is 0 Å². The lowest BCUT2D eigenvalue weighted by Gasteiger charge is -2.13. The van der Waals surface area contributed by atoms with Crippen molar-refractivity contribution in [2.75, 3.05) is 24.3 Å². The summed E-state index contributed by atoms with van der Waals surface area (Å²) in [6.07, 6.45) is 1.75. The van der Waals surface area contributed by atoms with Crippen LogP contribution < -0.4 is 16.0 Å². The highest BCUT2D eigenvalue weighted by Gasteiger charge is 2.16. The zero-order valence-electron chi connectivity index (χ0n) is 16.2. The second-order valence-corrected chi connectivity index (χ2v) is 6.81. The molecule has 2 aromatic carbocycles. The summed E-state index contributed by atoms with van der Waals surface area (Å²) < 4.78 is 0. The van der Waals surface area contributed by atoms with Crippen LogP contribution in [-0.2, 0) is 6.54 Å². The fourth-order valence-corrected chi connectivity index (χ4v) is 3.09. The molecule has 0 unspecified atom stereocenters. The number of aromatic nitrogens is 4. The summed E-state index contributed by atoms with van der Waals surface area (Å²) in [7, 11) is 3.75. The van der Waals surface area contributed by atoms with Crippen molar-refractivity contribution < 1.29 is 4.79 Å². The first kappa shape index (κ1) is 18.4. The lowest BCUT2D eigenvalue weighted by atomic mass is 10.1. The van der Waals surface area contributed by atoms with Crippen LogP contribution in [0.1, 0.15) is 15.9 Å². The Balaban J connectivity index is 1.75. The highest BCUT2D eigenvalue weighted by atomic mass is 16.1. The Morgan fingerprint density at radius 3 is 2.55 bits per heavy atom.